The van der Waals surface area contributed by atoms with E-state index >= 15 is 0 Å². The predicted octanol–water partition coefficient (Wildman–Crippen LogP) is 2.71. The smallest absolute Gasteiger partial charge is 0.357 e. The number of esters is 1. The number of hydrogen-bond acceptors (Lipinski definition) is 8. The fourth-order valence-corrected chi connectivity index (χ4v) is 3.66. The van der Waals surface area contributed by atoms with Crippen LogP contribution in [0.1, 0.15) is 84.5 Å². The van der Waals surface area contributed by atoms with Gasteiger partial charge in [-0.1, -0.05) is 70.3 Å². The topological polar surface area (TPSA) is 137 Å². The summed E-state index contributed by atoms with van der Waals surface area (Å²) in [5.41, 5.74) is 0. The highest BCUT2D eigenvalue weighted by Crippen LogP contribution is 2.30. The first kappa shape index (κ1) is 29.7. The number of unbranched alkanes of at least 4 members (excludes halogenated alkanes) is 7. The molecule has 0 bridgehead atoms. The SMILES string of the molecule is CCCCC/C=C\C/C=C\CCCCCCC(C)C(=O)OC1(O)O[C@H](CO)[C@@H](O)[C@H](O)[C@H]1O. The highest BCUT2D eigenvalue weighted by molar-refractivity contribution is 5.72. The van der Waals surface area contributed by atoms with E-state index in [1.54, 1.807) is 6.92 Å². The lowest BCUT2D eigenvalue weighted by molar-refractivity contribution is -0.434. The van der Waals surface area contributed by atoms with Gasteiger partial charge in [-0.25, -0.2) is 0 Å². The molecule has 1 heterocycles. The van der Waals surface area contributed by atoms with Gasteiger partial charge in [-0.3, -0.25) is 4.79 Å². The van der Waals surface area contributed by atoms with Gasteiger partial charge in [-0.05, 0) is 38.5 Å². The molecule has 0 aromatic heterocycles. The Morgan fingerprint density at radius 2 is 1.58 bits per heavy atom. The lowest BCUT2D eigenvalue weighted by Gasteiger charge is -2.44. The molecule has 5 N–H and O–H groups in total. The summed E-state index contributed by atoms with van der Waals surface area (Å²) in [6, 6.07) is 0. The third-order valence-corrected chi connectivity index (χ3v) is 5.92. The molecular weight excluding hydrogens is 428 g/mol. The molecule has 33 heavy (non-hydrogen) atoms. The summed E-state index contributed by atoms with van der Waals surface area (Å²) in [6.07, 6.45) is 13.4. The first-order valence-electron chi connectivity index (χ1n) is 12.3. The number of allylic oxidation sites excluding steroid dienone is 4. The number of rotatable bonds is 16. The Labute approximate surface area is 197 Å². The van der Waals surface area contributed by atoms with E-state index in [1.165, 1.54) is 19.3 Å². The van der Waals surface area contributed by atoms with Crippen molar-refractivity contribution in [3.05, 3.63) is 24.3 Å². The van der Waals surface area contributed by atoms with E-state index in [9.17, 15) is 30.3 Å². The second kappa shape index (κ2) is 16.4. The van der Waals surface area contributed by atoms with Gasteiger partial charge in [0.15, 0.2) is 6.10 Å². The van der Waals surface area contributed by atoms with Gasteiger partial charge < -0.3 is 35.0 Å². The van der Waals surface area contributed by atoms with Gasteiger partial charge in [0.1, 0.15) is 18.3 Å². The van der Waals surface area contributed by atoms with Crippen LogP contribution in [0.2, 0.25) is 0 Å². The molecule has 0 aromatic carbocycles. The van der Waals surface area contributed by atoms with Crippen LogP contribution in [0.5, 0.6) is 0 Å². The number of hydrogen-bond donors (Lipinski definition) is 5. The molecule has 0 aliphatic carbocycles. The van der Waals surface area contributed by atoms with Crippen molar-refractivity contribution in [2.24, 2.45) is 5.92 Å². The molecule has 1 saturated heterocycles. The Kier molecular flexibility index (Phi) is 14.7. The maximum Gasteiger partial charge on any atom is 0.357 e. The van der Waals surface area contributed by atoms with Crippen LogP contribution in [-0.2, 0) is 14.3 Å². The molecule has 192 valence electrons. The summed E-state index contributed by atoms with van der Waals surface area (Å²) in [6.45, 7) is 3.12. The Hall–Kier alpha value is -1.29. The third-order valence-electron chi connectivity index (χ3n) is 5.92. The van der Waals surface area contributed by atoms with Crippen molar-refractivity contribution in [3.63, 3.8) is 0 Å². The van der Waals surface area contributed by atoms with E-state index < -0.39 is 48.9 Å². The van der Waals surface area contributed by atoms with Gasteiger partial charge in [0, 0.05) is 0 Å². The zero-order valence-corrected chi connectivity index (χ0v) is 20.1. The van der Waals surface area contributed by atoms with Gasteiger partial charge in [0.2, 0.25) is 0 Å². The zero-order valence-electron chi connectivity index (χ0n) is 20.1. The maximum atomic E-state index is 12.3. The molecule has 0 spiro atoms. The van der Waals surface area contributed by atoms with Crippen molar-refractivity contribution < 1.29 is 39.8 Å². The van der Waals surface area contributed by atoms with Gasteiger partial charge in [-0.2, -0.15) is 0 Å². The third kappa shape index (κ3) is 10.7. The zero-order chi connectivity index (χ0) is 24.7. The minimum Gasteiger partial charge on any atom is -0.405 e. The largest absolute Gasteiger partial charge is 0.405 e. The highest BCUT2D eigenvalue weighted by Gasteiger charge is 2.56. The Morgan fingerprint density at radius 3 is 2.18 bits per heavy atom. The average Bonchev–Trinajstić information content (AvgIpc) is 2.80. The number of carbonyl (C=O) groups is 1. The Balaban J connectivity index is 2.20. The van der Waals surface area contributed by atoms with Gasteiger partial charge >= 0.3 is 11.9 Å². The van der Waals surface area contributed by atoms with E-state index in [2.05, 4.69) is 31.2 Å². The van der Waals surface area contributed by atoms with Crippen LogP contribution < -0.4 is 0 Å². The van der Waals surface area contributed by atoms with Crippen molar-refractivity contribution in [3.8, 4) is 0 Å². The van der Waals surface area contributed by atoms with Crippen LogP contribution in [0.15, 0.2) is 24.3 Å². The van der Waals surface area contributed by atoms with Crippen LogP contribution in [0.4, 0.5) is 0 Å². The first-order chi connectivity index (χ1) is 15.8. The number of aliphatic hydroxyl groups excluding tert-OH is 4. The summed E-state index contributed by atoms with van der Waals surface area (Å²) < 4.78 is 9.88. The highest BCUT2D eigenvalue weighted by atomic mass is 16.8. The predicted molar refractivity (Wildman–Crippen MR) is 125 cm³/mol. The molecule has 8 heteroatoms. The number of ether oxygens (including phenoxy) is 2. The quantitative estimate of drug-likeness (QED) is 0.100. The molecule has 6 atom stereocenters. The number of aliphatic hydroxyl groups is 5. The van der Waals surface area contributed by atoms with Crippen LogP contribution in [0.3, 0.4) is 0 Å². The normalized spacial score (nSPS) is 29.1. The van der Waals surface area contributed by atoms with Crippen LogP contribution in [0, 0.1) is 5.92 Å². The fourth-order valence-electron chi connectivity index (χ4n) is 3.66. The lowest BCUT2D eigenvalue weighted by Crippen LogP contribution is -2.66. The van der Waals surface area contributed by atoms with Crippen LogP contribution >= 0.6 is 0 Å². The molecule has 0 amide bonds. The molecular formula is C25H44O8. The van der Waals surface area contributed by atoms with E-state index in [0.717, 1.165) is 44.9 Å². The van der Waals surface area contributed by atoms with E-state index in [1.807, 2.05) is 0 Å². The molecule has 0 aromatic rings. The van der Waals surface area contributed by atoms with Crippen molar-refractivity contribution >= 4 is 5.97 Å². The van der Waals surface area contributed by atoms with Gasteiger partial charge in [0.25, 0.3) is 0 Å². The first-order valence-corrected chi connectivity index (χ1v) is 12.3. The second-order valence-electron chi connectivity index (χ2n) is 8.88. The Morgan fingerprint density at radius 1 is 0.970 bits per heavy atom. The van der Waals surface area contributed by atoms with E-state index in [0.29, 0.717) is 6.42 Å². The average molecular weight is 473 g/mol. The molecule has 1 fully saturated rings. The summed E-state index contributed by atoms with van der Waals surface area (Å²) >= 11 is 0. The summed E-state index contributed by atoms with van der Waals surface area (Å²) in [4.78, 5) is 12.3. The van der Waals surface area contributed by atoms with E-state index in [4.69, 9.17) is 9.47 Å². The van der Waals surface area contributed by atoms with Crippen molar-refractivity contribution in [1.29, 1.82) is 0 Å². The molecule has 1 rings (SSSR count). The standard InChI is InChI=1S/C25H44O8/c1-3-4-5-6-7-8-9-10-11-12-13-14-15-16-17-19(2)24(30)33-25(31)23(29)22(28)21(27)20(18-26)32-25/h7-8,10-11,19-23,26-29,31H,3-6,9,12-18H2,1-2H3/b8-7-,11-10-/t19?,20-,21-,22+,23-,25?/m1/s1. The monoisotopic (exact) mass is 472 g/mol. The minimum atomic E-state index is -2.82. The van der Waals surface area contributed by atoms with Gasteiger partial charge in [0.05, 0.1) is 12.5 Å². The van der Waals surface area contributed by atoms with Crippen molar-refractivity contribution in [2.75, 3.05) is 6.61 Å². The molecule has 0 radical (unpaired) electrons. The number of carbonyl (C=O) groups excluding carboxylic acids is 1. The second-order valence-corrected chi connectivity index (χ2v) is 8.88. The van der Waals surface area contributed by atoms with Crippen LogP contribution in [-0.4, -0.2) is 68.5 Å². The molecule has 8 nitrogen and oxygen atoms in total. The molecule has 0 saturated carbocycles. The van der Waals surface area contributed by atoms with Crippen LogP contribution in [0.25, 0.3) is 0 Å². The van der Waals surface area contributed by atoms with Crippen molar-refractivity contribution in [2.45, 2.75) is 115 Å². The molecule has 1 aliphatic heterocycles. The Bertz CT molecular complexity index is 591. The lowest BCUT2D eigenvalue weighted by atomic mass is 9.97. The summed E-state index contributed by atoms with van der Waals surface area (Å²) in [5, 5.41) is 49.1. The van der Waals surface area contributed by atoms with E-state index in [-0.39, 0.29) is 0 Å². The fraction of sp³-hybridized carbons (Fsp3) is 0.800. The van der Waals surface area contributed by atoms with Gasteiger partial charge in [-0.15, -0.1) is 0 Å². The molecule has 1 aliphatic rings. The summed E-state index contributed by atoms with van der Waals surface area (Å²) in [5.74, 6) is -4.16. The molecule has 2 unspecified atom stereocenters. The minimum absolute atomic E-state index is 0.540. The maximum absolute atomic E-state index is 12.3. The van der Waals surface area contributed by atoms with Crippen molar-refractivity contribution in [1.82, 2.24) is 0 Å². The summed E-state index contributed by atoms with van der Waals surface area (Å²) in [7, 11) is 0.